The predicted molar refractivity (Wildman–Crippen MR) is 53.1 cm³/mol. The van der Waals surface area contributed by atoms with Gasteiger partial charge >= 0.3 is 0 Å². The lowest BCUT2D eigenvalue weighted by Crippen LogP contribution is -1.97. The Kier molecular flexibility index (Phi) is 3.79. The third-order valence-corrected chi connectivity index (χ3v) is 2.38. The molecule has 0 fully saturated rings. The summed E-state index contributed by atoms with van der Waals surface area (Å²) in [6, 6.07) is 6.83. The van der Waals surface area contributed by atoms with Crippen LogP contribution in [0, 0.1) is 0 Å². The first kappa shape index (κ1) is 10.9. The van der Waals surface area contributed by atoms with E-state index in [1.165, 1.54) is 0 Å². The Bertz CT molecular complexity index is 359. The highest BCUT2D eigenvalue weighted by atomic mass is 32.2. The highest BCUT2D eigenvalue weighted by Gasteiger charge is 1.98. The fourth-order valence-electron chi connectivity index (χ4n) is 1.04. The van der Waals surface area contributed by atoms with Gasteiger partial charge in [-0.1, -0.05) is 40.5 Å². The standard InChI is InChI=1S/C9H11NO3S/c1-7(10-11)9-4-2-8(3-5-9)6-14(12)13/h2-5,11H,6H2,1H3,(H,12,13)/p-1. The maximum absolute atomic E-state index is 10.4. The van der Waals surface area contributed by atoms with Crippen LogP contribution in [0.2, 0.25) is 0 Å². The summed E-state index contributed by atoms with van der Waals surface area (Å²) in [5.74, 6) is 0.00952. The molecule has 0 spiro atoms. The minimum atomic E-state index is -2.07. The molecule has 0 radical (unpaired) electrons. The van der Waals surface area contributed by atoms with E-state index in [2.05, 4.69) is 5.16 Å². The van der Waals surface area contributed by atoms with Crippen LogP contribution in [0.5, 0.6) is 0 Å². The summed E-state index contributed by atoms with van der Waals surface area (Å²) in [6.45, 7) is 1.67. The monoisotopic (exact) mass is 212 g/mol. The molecule has 1 unspecified atom stereocenters. The van der Waals surface area contributed by atoms with Gasteiger partial charge in [0.05, 0.1) is 5.71 Å². The van der Waals surface area contributed by atoms with Crippen LogP contribution in [0.3, 0.4) is 0 Å². The molecule has 4 nitrogen and oxygen atoms in total. The molecule has 14 heavy (non-hydrogen) atoms. The van der Waals surface area contributed by atoms with Gasteiger partial charge in [-0.3, -0.25) is 4.21 Å². The molecule has 0 bridgehead atoms. The first-order valence-corrected chi connectivity index (χ1v) is 5.21. The van der Waals surface area contributed by atoms with E-state index in [-0.39, 0.29) is 5.75 Å². The molecular weight excluding hydrogens is 202 g/mol. The molecule has 0 heterocycles. The van der Waals surface area contributed by atoms with E-state index >= 15 is 0 Å². The Morgan fingerprint density at radius 3 is 2.50 bits per heavy atom. The highest BCUT2D eigenvalue weighted by molar-refractivity contribution is 7.78. The van der Waals surface area contributed by atoms with Crippen molar-refractivity contribution in [1.82, 2.24) is 0 Å². The summed E-state index contributed by atoms with van der Waals surface area (Å²) in [5.41, 5.74) is 1.99. The summed E-state index contributed by atoms with van der Waals surface area (Å²) >= 11 is -2.07. The average Bonchev–Trinajstić information content (AvgIpc) is 2.17. The third-order valence-electron chi connectivity index (χ3n) is 1.81. The lowest BCUT2D eigenvalue weighted by atomic mass is 10.1. The van der Waals surface area contributed by atoms with Gasteiger partial charge in [-0.2, -0.15) is 0 Å². The molecule has 1 atom stereocenters. The Hall–Kier alpha value is -1.20. The summed E-state index contributed by atoms with van der Waals surface area (Å²) in [5, 5.41) is 11.5. The van der Waals surface area contributed by atoms with Crippen molar-refractivity contribution >= 4 is 16.8 Å². The lowest BCUT2D eigenvalue weighted by Gasteiger charge is -2.05. The molecule has 5 heteroatoms. The van der Waals surface area contributed by atoms with Gasteiger partial charge in [-0.15, -0.1) is 0 Å². The summed E-state index contributed by atoms with van der Waals surface area (Å²) in [6.07, 6.45) is 0. The van der Waals surface area contributed by atoms with Crippen LogP contribution in [-0.2, 0) is 16.8 Å². The van der Waals surface area contributed by atoms with Crippen molar-refractivity contribution in [1.29, 1.82) is 0 Å². The van der Waals surface area contributed by atoms with Crippen molar-refractivity contribution in [3.8, 4) is 0 Å². The number of rotatable bonds is 3. The van der Waals surface area contributed by atoms with E-state index in [0.717, 1.165) is 5.56 Å². The largest absolute Gasteiger partial charge is 0.772 e. The zero-order valence-corrected chi connectivity index (χ0v) is 8.45. The Balaban J connectivity index is 2.83. The van der Waals surface area contributed by atoms with Gasteiger partial charge in [-0.05, 0) is 18.1 Å². The summed E-state index contributed by atoms with van der Waals surface area (Å²) in [7, 11) is 0. The average molecular weight is 212 g/mol. The number of hydrogen-bond acceptors (Lipinski definition) is 4. The van der Waals surface area contributed by atoms with Gasteiger partial charge in [0, 0.05) is 5.75 Å². The first-order valence-electron chi connectivity index (χ1n) is 3.97. The van der Waals surface area contributed by atoms with E-state index in [1.54, 1.807) is 31.2 Å². The van der Waals surface area contributed by atoms with Gasteiger partial charge in [0.25, 0.3) is 0 Å². The van der Waals surface area contributed by atoms with E-state index < -0.39 is 11.1 Å². The van der Waals surface area contributed by atoms with Crippen LogP contribution < -0.4 is 0 Å². The molecule has 0 amide bonds. The molecular formula is C9H10NO3S-. The van der Waals surface area contributed by atoms with Crippen molar-refractivity contribution < 1.29 is 14.0 Å². The number of benzene rings is 1. The highest BCUT2D eigenvalue weighted by Crippen LogP contribution is 2.07. The van der Waals surface area contributed by atoms with Gasteiger partial charge in [0.15, 0.2) is 0 Å². The third kappa shape index (κ3) is 2.93. The predicted octanol–water partition coefficient (Wildman–Crippen LogP) is 1.26. The minimum Gasteiger partial charge on any atom is -0.772 e. The van der Waals surface area contributed by atoms with Crippen molar-refractivity contribution in [2.45, 2.75) is 12.7 Å². The van der Waals surface area contributed by atoms with Crippen molar-refractivity contribution in [3.05, 3.63) is 35.4 Å². The Labute approximate surface area is 84.5 Å². The molecule has 1 aromatic rings. The quantitative estimate of drug-likeness (QED) is 0.355. The molecule has 1 rings (SSSR count). The molecule has 0 aliphatic carbocycles. The minimum absolute atomic E-state index is 0.00952. The normalized spacial score (nSPS) is 14.0. The van der Waals surface area contributed by atoms with E-state index in [1.807, 2.05) is 0 Å². The van der Waals surface area contributed by atoms with Gasteiger partial charge < -0.3 is 9.76 Å². The maximum Gasteiger partial charge on any atom is 0.0836 e. The molecule has 1 N–H and O–H groups in total. The summed E-state index contributed by atoms with van der Waals surface area (Å²) < 4.78 is 20.8. The molecule has 76 valence electrons. The second-order valence-corrected chi connectivity index (χ2v) is 3.73. The van der Waals surface area contributed by atoms with Crippen LogP contribution in [0.25, 0.3) is 0 Å². The molecule has 0 aromatic heterocycles. The smallest absolute Gasteiger partial charge is 0.0836 e. The first-order chi connectivity index (χ1) is 6.63. The SMILES string of the molecule is CC(=NO)c1ccc(CS(=O)[O-])cc1. The van der Waals surface area contributed by atoms with E-state index in [9.17, 15) is 8.76 Å². The van der Waals surface area contributed by atoms with Crippen molar-refractivity contribution in [2.75, 3.05) is 0 Å². The van der Waals surface area contributed by atoms with Crippen LogP contribution in [0.4, 0.5) is 0 Å². The number of hydrogen-bond donors (Lipinski definition) is 1. The van der Waals surface area contributed by atoms with Crippen molar-refractivity contribution in [3.63, 3.8) is 0 Å². The van der Waals surface area contributed by atoms with Gasteiger partial charge in [0.1, 0.15) is 0 Å². The molecule has 0 saturated carbocycles. The topological polar surface area (TPSA) is 72.7 Å². The second-order valence-electron chi connectivity index (χ2n) is 2.83. The number of nitrogens with zero attached hydrogens (tertiary/aromatic N) is 1. The number of oxime groups is 1. The van der Waals surface area contributed by atoms with Gasteiger partial charge in [0.2, 0.25) is 0 Å². The summed E-state index contributed by atoms with van der Waals surface area (Å²) in [4.78, 5) is 0. The molecule has 0 aliphatic rings. The zero-order valence-electron chi connectivity index (χ0n) is 7.64. The lowest BCUT2D eigenvalue weighted by molar-refractivity contribution is 0.319. The second kappa shape index (κ2) is 4.88. The Morgan fingerprint density at radius 2 is 2.07 bits per heavy atom. The van der Waals surface area contributed by atoms with E-state index in [0.29, 0.717) is 11.3 Å². The Morgan fingerprint density at radius 1 is 1.50 bits per heavy atom. The van der Waals surface area contributed by atoms with E-state index in [4.69, 9.17) is 5.21 Å². The fourth-order valence-corrected chi connectivity index (χ4v) is 1.50. The van der Waals surface area contributed by atoms with Gasteiger partial charge in [-0.25, -0.2) is 0 Å². The van der Waals surface area contributed by atoms with Crippen molar-refractivity contribution in [2.24, 2.45) is 5.16 Å². The van der Waals surface area contributed by atoms with Crippen LogP contribution >= 0.6 is 0 Å². The zero-order chi connectivity index (χ0) is 10.6. The molecule has 0 aliphatic heterocycles. The van der Waals surface area contributed by atoms with Crippen LogP contribution in [-0.4, -0.2) is 19.7 Å². The maximum atomic E-state index is 10.4. The van der Waals surface area contributed by atoms with Crippen LogP contribution in [0.1, 0.15) is 18.1 Å². The molecule has 0 saturated heterocycles. The molecule has 1 aromatic carbocycles. The van der Waals surface area contributed by atoms with Crippen LogP contribution in [0.15, 0.2) is 29.4 Å². The fraction of sp³-hybridized carbons (Fsp3) is 0.222.